The molecule has 70 valence electrons. The third kappa shape index (κ3) is 1.64. The second kappa shape index (κ2) is 3.75. The smallest absolute Gasteiger partial charge is 0.0471 e. The van der Waals surface area contributed by atoms with Crippen molar-refractivity contribution in [2.45, 2.75) is 38.1 Å². The Morgan fingerprint density at radius 1 is 1.17 bits per heavy atom. The first kappa shape index (κ1) is 8.52. The van der Waals surface area contributed by atoms with Crippen LogP contribution in [0, 0.1) is 5.92 Å². The summed E-state index contributed by atoms with van der Waals surface area (Å²) in [5, 5.41) is 9.05. The molecule has 2 heteroatoms. The first-order valence-electron chi connectivity index (χ1n) is 5.25. The highest BCUT2D eigenvalue weighted by molar-refractivity contribution is 4.83. The van der Waals surface area contributed by atoms with Crippen molar-refractivity contribution in [2.24, 2.45) is 5.92 Å². The van der Waals surface area contributed by atoms with Crippen LogP contribution in [0.1, 0.15) is 32.1 Å². The zero-order valence-electron chi connectivity index (χ0n) is 7.71. The van der Waals surface area contributed by atoms with Crippen molar-refractivity contribution >= 4 is 0 Å². The van der Waals surface area contributed by atoms with Crippen LogP contribution < -0.4 is 0 Å². The van der Waals surface area contributed by atoms with E-state index in [2.05, 4.69) is 4.90 Å². The molecule has 2 rings (SSSR count). The Morgan fingerprint density at radius 3 is 2.92 bits per heavy atom. The van der Waals surface area contributed by atoms with Gasteiger partial charge in [0.05, 0.1) is 0 Å². The molecular weight excluding hydrogens is 150 g/mol. The summed E-state index contributed by atoms with van der Waals surface area (Å²) < 4.78 is 0. The monoisotopic (exact) mass is 169 g/mol. The van der Waals surface area contributed by atoms with Gasteiger partial charge in [-0.15, -0.1) is 0 Å². The van der Waals surface area contributed by atoms with Crippen LogP contribution in [0.15, 0.2) is 0 Å². The average molecular weight is 169 g/mol. The Balaban J connectivity index is 1.90. The fourth-order valence-corrected chi connectivity index (χ4v) is 2.63. The number of hydrogen-bond acceptors (Lipinski definition) is 2. The standard InChI is InChI=1S/C10H19NO/c12-8-9-4-5-10-3-1-2-6-11(10)7-9/h9-10,12H,1-8H2/t9-,10+/m0/s1. The third-order valence-electron chi connectivity index (χ3n) is 3.41. The molecule has 0 aromatic heterocycles. The van der Waals surface area contributed by atoms with Crippen LogP contribution in [0.3, 0.4) is 0 Å². The Bertz CT molecular complexity index is 149. The van der Waals surface area contributed by atoms with Gasteiger partial charge in [-0.25, -0.2) is 0 Å². The number of aliphatic hydroxyl groups is 1. The lowest BCUT2D eigenvalue weighted by molar-refractivity contribution is 0.0519. The maximum atomic E-state index is 9.05. The zero-order chi connectivity index (χ0) is 8.39. The molecule has 0 unspecified atom stereocenters. The molecule has 2 heterocycles. The quantitative estimate of drug-likeness (QED) is 0.638. The van der Waals surface area contributed by atoms with Gasteiger partial charge >= 0.3 is 0 Å². The molecule has 2 saturated heterocycles. The molecule has 0 spiro atoms. The van der Waals surface area contributed by atoms with Crippen molar-refractivity contribution in [2.75, 3.05) is 19.7 Å². The molecule has 0 aliphatic carbocycles. The van der Waals surface area contributed by atoms with Crippen LogP contribution in [0.4, 0.5) is 0 Å². The van der Waals surface area contributed by atoms with Gasteiger partial charge in [0.1, 0.15) is 0 Å². The van der Waals surface area contributed by atoms with E-state index < -0.39 is 0 Å². The van der Waals surface area contributed by atoms with Gasteiger partial charge in [-0.1, -0.05) is 6.42 Å². The molecule has 2 nitrogen and oxygen atoms in total. The topological polar surface area (TPSA) is 23.5 Å². The van der Waals surface area contributed by atoms with E-state index in [9.17, 15) is 0 Å². The second-order valence-electron chi connectivity index (χ2n) is 4.27. The maximum absolute atomic E-state index is 9.05. The molecular formula is C10H19NO. The van der Waals surface area contributed by atoms with Crippen molar-refractivity contribution in [3.8, 4) is 0 Å². The van der Waals surface area contributed by atoms with Crippen LogP contribution in [0.2, 0.25) is 0 Å². The zero-order valence-corrected chi connectivity index (χ0v) is 7.71. The van der Waals surface area contributed by atoms with Gasteiger partial charge in [0.15, 0.2) is 0 Å². The van der Waals surface area contributed by atoms with Crippen molar-refractivity contribution in [3.05, 3.63) is 0 Å². The largest absolute Gasteiger partial charge is 0.396 e. The fraction of sp³-hybridized carbons (Fsp3) is 1.00. The van der Waals surface area contributed by atoms with Gasteiger partial charge < -0.3 is 10.0 Å². The number of fused-ring (bicyclic) bond motifs is 1. The van der Waals surface area contributed by atoms with Gasteiger partial charge in [-0.2, -0.15) is 0 Å². The van der Waals surface area contributed by atoms with Gasteiger partial charge in [-0.3, -0.25) is 0 Å². The van der Waals surface area contributed by atoms with Crippen LogP contribution in [-0.4, -0.2) is 35.7 Å². The normalized spacial score (nSPS) is 37.8. The van der Waals surface area contributed by atoms with Crippen LogP contribution in [0.5, 0.6) is 0 Å². The summed E-state index contributed by atoms with van der Waals surface area (Å²) in [6, 6.07) is 0.863. The predicted octanol–water partition coefficient (Wildman–Crippen LogP) is 1.24. The van der Waals surface area contributed by atoms with Crippen molar-refractivity contribution in [1.82, 2.24) is 4.90 Å². The molecule has 0 bridgehead atoms. The summed E-state index contributed by atoms with van der Waals surface area (Å²) in [7, 11) is 0. The maximum Gasteiger partial charge on any atom is 0.0471 e. The number of piperidine rings is 2. The highest BCUT2D eigenvalue weighted by atomic mass is 16.3. The van der Waals surface area contributed by atoms with Crippen molar-refractivity contribution < 1.29 is 5.11 Å². The molecule has 1 N–H and O–H groups in total. The van der Waals surface area contributed by atoms with E-state index >= 15 is 0 Å². The molecule has 0 radical (unpaired) electrons. The molecule has 0 aromatic rings. The third-order valence-corrected chi connectivity index (χ3v) is 3.41. The Kier molecular flexibility index (Phi) is 2.66. The highest BCUT2D eigenvalue weighted by Gasteiger charge is 2.29. The van der Waals surface area contributed by atoms with Crippen LogP contribution >= 0.6 is 0 Å². The van der Waals surface area contributed by atoms with E-state index in [1.54, 1.807) is 0 Å². The molecule has 2 aliphatic heterocycles. The van der Waals surface area contributed by atoms with Gasteiger partial charge in [-0.05, 0) is 38.1 Å². The summed E-state index contributed by atoms with van der Waals surface area (Å²) in [6.07, 6.45) is 6.76. The lowest BCUT2D eigenvalue weighted by Gasteiger charge is -2.42. The number of rotatable bonds is 1. The highest BCUT2D eigenvalue weighted by Crippen LogP contribution is 2.28. The van der Waals surface area contributed by atoms with E-state index in [0.29, 0.717) is 12.5 Å². The number of hydrogen-bond donors (Lipinski definition) is 1. The van der Waals surface area contributed by atoms with Gasteiger partial charge in [0.2, 0.25) is 0 Å². The SMILES string of the molecule is OC[C@H]1CC[C@H]2CCCCN2C1. The molecule has 0 saturated carbocycles. The minimum absolute atomic E-state index is 0.392. The molecule has 2 fully saturated rings. The Labute approximate surface area is 74.6 Å². The Morgan fingerprint density at radius 2 is 2.08 bits per heavy atom. The predicted molar refractivity (Wildman–Crippen MR) is 49.0 cm³/mol. The first-order chi connectivity index (χ1) is 5.90. The van der Waals surface area contributed by atoms with Crippen LogP contribution in [0.25, 0.3) is 0 Å². The van der Waals surface area contributed by atoms with E-state index in [0.717, 1.165) is 12.6 Å². The summed E-state index contributed by atoms with van der Waals surface area (Å²) in [4.78, 5) is 2.59. The minimum atomic E-state index is 0.392. The van der Waals surface area contributed by atoms with Gasteiger partial charge in [0, 0.05) is 19.2 Å². The number of nitrogens with zero attached hydrogens (tertiary/aromatic N) is 1. The van der Waals surface area contributed by atoms with E-state index in [1.807, 2.05) is 0 Å². The molecule has 2 aliphatic rings. The second-order valence-corrected chi connectivity index (χ2v) is 4.27. The molecule has 2 atom stereocenters. The van der Waals surface area contributed by atoms with E-state index in [-0.39, 0.29) is 0 Å². The van der Waals surface area contributed by atoms with Crippen LogP contribution in [-0.2, 0) is 0 Å². The number of aliphatic hydroxyl groups excluding tert-OH is 1. The Hall–Kier alpha value is -0.0800. The van der Waals surface area contributed by atoms with Gasteiger partial charge in [0.25, 0.3) is 0 Å². The van der Waals surface area contributed by atoms with Crippen molar-refractivity contribution in [1.29, 1.82) is 0 Å². The summed E-state index contributed by atoms with van der Waals surface area (Å²) >= 11 is 0. The summed E-state index contributed by atoms with van der Waals surface area (Å²) in [5.74, 6) is 0.569. The van der Waals surface area contributed by atoms with E-state index in [4.69, 9.17) is 5.11 Å². The minimum Gasteiger partial charge on any atom is -0.396 e. The lowest BCUT2D eigenvalue weighted by Crippen LogP contribution is -2.46. The fourth-order valence-electron chi connectivity index (χ4n) is 2.63. The molecule has 12 heavy (non-hydrogen) atoms. The van der Waals surface area contributed by atoms with E-state index in [1.165, 1.54) is 38.6 Å². The molecule has 0 aromatic carbocycles. The summed E-state index contributed by atoms with van der Waals surface area (Å²) in [5.41, 5.74) is 0. The lowest BCUT2D eigenvalue weighted by atomic mass is 9.88. The van der Waals surface area contributed by atoms with Crippen molar-refractivity contribution in [3.63, 3.8) is 0 Å². The first-order valence-corrected chi connectivity index (χ1v) is 5.25. The average Bonchev–Trinajstić information content (AvgIpc) is 2.17. The summed E-state index contributed by atoms with van der Waals surface area (Å²) in [6.45, 7) is 2.82. The molecule has 0 amide bonds.